The quantitative estimate of drug-likeness (QED) is 0.659. The van der Waals surface area contributed by atoms with Gasteiger partial charge in [0.05, 0.1) is 6.61 Å². The van der Waals surface area contributed by atoms with Gasteiger partial charge in [-0.2, -0.15) is 0 Å². The SMILES string of the molecule is CCNC(C)c1ccc(C)cc1OCCOCCC(C)C. The van der Waals surface area contributed by atoms with Crippen LogP contribution in [0.1, 0.15) is 51.3 Å². The zero-order chi connectivity index (χ0) is 15.7. The molecule has 1 aromatic rings. The third-order valence-electron chi connectivity index (χ3n) is 3.47. The van der Waals surface area contributed by atoms with E-state index in [1.165, 1.54) is 11.1 Å². The molecule has 120 valence electrons. The Bertz CT molecular complexity index is 404. The lowest BCUT2D eigenvalue weighted by Gasteiger charge is -2.18. The van der Waals surface area contributed by atoms with Crippen LogP contribution < -0.4 is 10.1 Å². The van der Waals surface area contributed by atoms with Crippen molar-refractivity contribution in [1.82, 2.24) is 5.32 Å². The van der Waals surface area contributed by atoms with Crippen LogP contribution in [0.5, 0.6) is 5.75 Å². The summed E-state index contributed by atoms with van der Waals surface area (Å²) in [5.41, 5.74) is 2.43. The van der Waals surface area contributed by atoms with E-state index in [9.17, 15) is 0 Å². The zero-order valence-electron chi connectivity index (χ0n) is 14.2. The largest absolute Gasteiger partial charge is 0.491 e. The molecule has 0 aromatic heterocycles. The molecule has 0 aliphatic heterocycles. The Hall–Kier alpha value is -1.06. The summed E-state index contributed by atoms with van der Waals surface area (Å²) in [5.74, 6) is 1.66. The van der Waals surface area contributed by atoms with Crippen LogP contribution in [0, 0.1) is 12.8 Å². The third kappa shape index (κ3) is 6.96. The van der Waals surface area contributed by atoms with Crippen molar-refractivity contribution in [1.29, 1.82) is 0 Å². The molecule has 0 radical (unpaired) electrons. The van der Waals surface area contributed by atoms with Crippen LogP contribution in [0.4, 0.5) is 0 Å². The van der Waals surface area contributed by atoms with E-state index in [1.807, 2.05) is 0 Å². The minimum absolute atomic E-state index is 0.299. The fourth-order valence-corrected chi connectivity index (χ4v) is 2.17. The number of rotatable bonds is 10. The monoisotopic (exact) mass is 293 g/mol. The van der Waals surface area contributed by atoms with Gasteiger partial charge in [-0.25, -0.2) is 0 Å². The van der Waals surface area contributed by atoms with Crippen molar-refractivity contribution >= 4 is 0 Å². The molecule has 0 aliphatic rings. The van der Waals surface area contributed by atoms with Gasteiger partial charge in [-0.3, -0.25) is 0 Å². The average Bonchev–Trinajstić information content (AvgIpc) is 2.42. The van der Waals surface area contributed by atoms with Gasteiger partial charge in [-0.15, -0.1) is 0 Å². The highest BCUT2D eigenvalue weighted by atomic mass is 16.5. The van der Waals surface area contributed by atoms with E-state index in [2.05, 4.69) is 58.1 Å². The Morgan fingerprint density at radius 2 is 1.86 bits per heavy atom. The van der Waals surface area contributed by atoms with Crippen LogP contribution in [0.2, 0.25) is 0 Å². The number of nitrogens with one attached hydrogen (secondary N) is 1. The molecule has 1 N–H and O–H groups in total. The van der Waals surface area contributed by atoms with E-state index < -0.39 is 0 Å². The smallest absolute Gasteiger partial charge is 0.124 e. The molecule has 21 heavy (non-hydrogen) atoms. The molecule has 1 atom stereocenters. The lowest BCUT2D eigenvalue weighted by atomic mass is 10.0. The second-order valence-corrected chi connectivity index (χ2v) is 5.96. The molecule has 0 saturated heterocycles. The molecule has 3 nitrogen and oxygen atoms in total. The van der Waals surface area contributed by atoms with Gasteiger partial charge in [0.15, 0.2) is 0 Å². The van der Waals surface area contributed by atoms with Gasteiger partial charge >= 0.3 is 0 Å². The summed E-state index contributed by atoms with van der Waals surface area (Å²) in [6, 6.07) is 6.69. The summed E-state index contributed by atoms with van der Waals surface area (Å²) in [6.07, 6.45) is 1.10. The second-order valence-electron chi connectivity index (χ2n) is 5.96. The maximum atomic E-state index is 5.93. The summed E-state index contributed by atoms with van der Waals surface area (Å²) in [4.78, 5) is 0. The fourth-order valence-electron chi connectivity index (χ4n) is 2.17. The Balaban J connectivity index is 2.47. The molecular formula is C18H31NO2. The minimum atomic E-state index is 0.299. The predicted octanol–water partition coefficient (Wildman–Crippen LogP) is 4.11. The van der Waals surface area contributed by atoms with Crippen molar-refractivity contribution in [2.24, 2.45) is 5.92 Å². The van der Waals surface area contributed by atoms with Gasteiger partial charge in [-0.05, 0) is 44.4 Å². The normalized spacial score (nSPS) is 12.7. The number of hydrogen-bond acceptors (Lipinski definition) is 3. The van der Waals surface area contributed by atoms with Gasteiger partial charge in [0.2, 0.25) is 0 Å². The first kappa shape index (κ1) is 18.0. The molecule has 1 aromatic carbocycles. The van der Waals surface area contributed by atoms with E-state index >= 15 is 0 Å². The Labute approximate surface area is 130 Å². The second kappa shape index (κ2) is 9.80. The summed E-state index contributed by atoms with van der Waals surface area (Å²) in [5, 5.41) is 3.43. The van der Waals surface area contributed by atoms with Crippen LogP contribution in [0.25, 0.3) is 0 Å². The zero-order valence-corrected chi connectivity index (χ0v) is 14.2. The Morgan fingerprint density at radius 1 is 1.10 bits per heavy atom. The summed E-state index contributed by atoms with van der Waals surface area (Å²) < 4.78 is 11.5. The lowest BCUT2D eigenvalue weighted by molar-refractivity contribution is 0.0921. The molecule has 0 heterocycles. The van der Waals surface area contributed by atoms with Crippen LogP contribution in [-0.2, 0) is 4.74 Å². The van der Waals surface area contributed by atoms with Crippen molar-refractivity contribution in [2.75, 3.05) is 26.4 Å². The molecule has 0 fully saturated rings. The van der Waals surface area contributed by atoms with E-state index in [4.69, 9.17) is 9.47 Å². The van der Waals surface area contributed by atoms with E-state index in [1.54, 1.807) is 0 Å². The van der Waals surface area contributed by atoms with Gasteiger partial charge in [0.1, 0.15) is 12.4 Å². The Kier molecular flexibility index (Phi) is 8.40. The first-order chi connectivity index (χ1) is 10.0. The summed E-state index contributed by atoms with van der Waals surface area (Å²) >= 11 is 0. The number of hydrogen-bond donors (Lipinski definition) is 1. The molecule has 0 amide bonds. The van der Waals surface area contributed by atoms with Gasteiger partial charge in [0, 0.05) is 18.2 Å². The maximum Gasteiger partial charge on any atom is 0.124 e. The number of aryl methyl sites for hydroxylation is 1. The fraction of sp³-hybridized carbons (Fsp3) is 0.667. The Morgan fingerprint density at radius 3 is 2.52 bits per heavy atom. The first-order valence-electron chi connectivity index (χ1n) is 8.09. The molecule has 0 aliphatic carbocycles. The van der Waals surface area contributed by atoms with Crippen molar-refractivity contribution in [3.63, 3.8) is 0 Å². The molecule has 1 unspecified atom stereocenters. The molecule has 0 saturated carbocycles. The van der Waals surface area contributed by atoms with Crippen LogP contribution >= 0.6 is 0 Å². The standard InChI is InChI=1S/C18H31NO2/c1-6-19-16(5)17-8-7-15(4)13-18(17)21-12-11-20-10-9-14(2)3/h7-8,13-14,16,19H,6,9-12H2,1-5H3. The summed E-state index contributed by atoms with van der Waals surface area (Å²) in [6.45, 7) is 13.8. The number of benzene rings is 1. The maximum absolute atomic E-state index is 5.93. The van der Waals surface area contributed by atoms with E-state index in [0.29, 0.717) is 25.2 Å². The number of ether oxygens (including phenoxy) is 2. The van der Waals surface area contributed by atoms with E-state index in [0.717, 1.165) is 25.3 Å². The molecule has 1 rings (SSSR count). The highest BCUT2D eigenvalue weighted by Crippen LogP contribution is 2.26. The summed E-state index contributed by atoms with van der Waals surface area (Å²) in [7, 11) is 0. The van der Waals surface area contributed by atoms with Gasteiger partial charge in [0.25, 0.3) is 0 Å². The average molecular weight is 293 g/mol. The van der Waals surface area contributed by atoms with Crippen molar-refractivity contribution in [3.05, 3.63) is 29.3 Å². The minimum Gasteiger partial charge on any atom is -0.491 e. The molecule has 0 spiro atoms. The highest BCUT2D eigenvalue weighted by Gasteiger charge is 2.11. The van der Waals surface area contributed by atoms with Gasteiger partial charge < -0.3 is 14.8 Å². The topological polar surface area (TPSA) is 30.5 Å². The van der Waals surface area contributed by atoms with Crippen molar-refractivity contribution in [2.45, 2.75) is 47.1 Å². The van der Waals surface area contributed by atoms with Crippen LogP contribution in [0.3, 0.4) is 0 Å². The third-order valence-corrected chi connectivity index (χ3v) is 3.47. The van der Waals surface area contributed by atoms with Crippen LogP contribution in [-0.4, -0.2) is 26.4 Å². The lowest BCUT2D eigenvalue weighted by Crippen LogP contribution is -2.19. The molecular weight excluding hydrogens is 262 g/mol. The van der Waals surface area contributed by atoms with Crippen molar-refractivity contribution in [3.8, 4) is 5.75 Å². The molecule has 0 bridgehead atoms. The predicted molar refractivity (Wildman–Crippen MR) is 89.0 cm³/mol. The van der Waals surface area contributed by atoms with Gasteiger partial charge in [-0.1, -0.05) is 32.9 Å². The molecule has 3 heteroatoms. The van der Waals surface area contributed by atoms with Crippen molar-refractivity contribution < 1.29 is 9.47 Å². The highest BCUT2D eigenvalue weighted by molar-refractivity contribution is 5.39. The first-order valence-corrected chi connectivity index (χ1v) is 8.09. The van der Waals surface area contributed by atoms with E-state index in [-0.39, 0.29) is 0 Å². The van der Waals surface area contributed by atoms with Crippen LogP contribution in [0.15, 0.2) is 18.2 Å².